The van der Waals surface area contributed by atoms with Crippen molar-refractivity contribution >= 4 is 35.5 Å². The standard InChI is InChI=1S/C16H18N2O6S/c1-15(2,3)25-9-16(4,17-10-19)14(21)24-13(20)11-5-7-12(8-6-11)18(22)23/h5-8H,9H2,1-4H3/t16-/m1/s1. The van der Waals surface area contributed by atoms with Gasteiger partial charge in [0.1, 0.15) is 0 Å². The van der Waals surface area contributed by atoms with Crippen LogP contribution >= 0.6 is 11.8 Å². The predicted molar refractivity (Wildman–Crippen MR) is 92.3 cm³/mol. The van der Waals surface area contributed by atoms with Crippen LogP contribution in [0.3, 0.4) is 0 Å². The summed E-state index contributed by atoms with van der Waals surface area (Å²) in [6.07, 6.45) is 1.33. The number of nitro benzene ring substituents is 1. The van der Waals surface area contributed by atoms with Gasteiger partial charge in [0, 0.05) is 22.6 Å². The molecule has 0 aromatic heterocycles. The van der Waals surface area contributed by atoms with E-state index in [4.69, 9.17) is 4.74 Å². The van der Waals surface area contributed by atoms with Crippen LogP contribution in [-0.4, -0.2) is 39.0 Å². The molecule has 0 aliphatic carbocycles. The number of carbonyl (C=O) groups excluding carboxylic acids is 3. The molecular weight excluding hydrogens is 348 g/mol. The fourth-order valence-electron chi connectivity index (χ4n) is 1.57. The lowest BCUT2D eigenvalue weighted by Gasteiger charge is -2.25. The van der Waals surface area contributed by atoms with E-state index in [1.807, 2.05) is 20.8 Å². The number of benzene rings is 1. The summed E-state index contributed by atoms with van der Waals surface area (Å²) in [5.41, 5.74) is -1.78. The fraction of sp³-hybridized carbons (Fsp3) is 0.438. The minimum Gasteiger partial charge on any atom is -0.388 e. The quantitative estimate of drug-likeness (QED) is 0.190. The van der Waals surface area contributed by atoms with E-state index >= 15 is 0 Å². The number of isocyanates is 1. The molecule has 0 heterocycles. The summed E-state index contributed by atoms with van der Waals surface area (Å²) in [6.45, 7) is 7.16. The first kappa shape index (κ1) is 20.5. The van der Waals surface area contributed by atoms with Gasteiger partial charge in [0.2, 0.25) is 6.08 Å². The topological polar surface area (TPSA) is 116 Å². The Balaban J connectivity index is 2.90. The lowest BCUT2D eigenvalue weighted by Crippen LogP contribution is -2.40. The molecule has 9 heteroatoms. The largest absolute Gasteiger partial charge is 0.388 e. The number of nitro groups is 1. The Hall–Kier alpha value is -2.51. The van der Waals surface area contributed by atoms with Gasteiger partial charge in [0.25, 0.3) is 5.69 Å². The van der Waals surface area contributed by atoms with E-state index in [1.165, 1.54) is 36.9 Å². The highest BCUT2D eigenvalue weighted by atomic mass is 32.2. The summed E-state index contributed by atoms with van der Waals surface area (Å²) < 4.78 is 4.59. The highest BCUT2D eigenvalue weighted by Crippen LogP contribution is 2.29. The van der Waals surface area contributed by atoms with Crippen LogP contribution in [0.1, 0.15) is 38.1 Å². The van der Waals surface area contributed by atoms with Crippen molar-refractivity contribution in [3.8, 4) is 0 Å². The van der Waals surface area contributed by atoms with E-state index in [2.05, 4.69) is 4.99 Å². The fourth-order valence-corrected chi connectivity index (χ4v) is 2.46. The van der Waals surface area contributed by atoms with Crippen LogP contribution < -0.4 is 0 Å². The number of hydrogen-bond donors (Lipinski definition) is 0. The normalized spacial score (nSPS) is 13.3. The molecule has 0 N–H and O–H groups in total. The molecule has 1 atom stereocenters. The monoisotopic (exact) mass is 366 g/mol. The third-order valence-corrected chi connectivity index (χ3v) is 4.59. The Labute approximate surface area is 148 Å². The number of thioether (sulfide) groups is 1. The summed E-state index contributed by atoms with van der Waals surface area (Å²) in [5.74, 6) is -1.85. The number of rotatable bonds is 6. The van der Waals surface area contributed by atoms with Crippen LogP contribution in [0.4, 0.5) is 5.69 Å². The van der Waals surface area contributed by atoms with Crippen LogP contribution in [0, 0.1) is 10.1 Å². The van der Waals surface area contributed by atoms with Crippen LogP contribution in [-0.2, 0) is 14.3 Å². The summed E-state index contributed by atoms with van der Waals surface area (Å²) in [4.78, 5) is 48.5. The molecule has 134 valence electrons. The zero-order chi connectivity index (χ0) is 19.3. The Morgan fingerprint density at radius 3 is 2.24 bits per heavy atom. The Bertz CT molecular complexity index is 719. The van der Waals surface area contributed by atoms with Gasteiger partial charge in [-0.3, -0.25) is 10.1 Å². The molecular formula is C16H18N2O6S. The number of carbonyl (C=O) groups is 2. The van der Waals surface area contributed by atoms with Crippen molar-refractivity contribution in [1.29, 1.82) is 0 Å². The molecule has 0 unspecified atom stereocenters. The molecule has 0 fully saturated rings. The minimum atomic E-state index is -1.56. The van der Waals surface area contributed by atoms with Gasteiger partial charge in [-0.15, -0.1) is 0 Å². The average Bonchev–Trinajstić information content (AvgIpc) is 2.52. The van der Waals surface area contributed by atoms with Gasteiger partial charge >= 0.3 is 11.9 Å². The van der Waals surface area contributed by atoms with Crippen molar-refractivity contribution in [2.45, 2.75) is 38.0 Å². The van der Waals surface area contributed by atoms with Crippen molar-refractivity contribution in [1.82, 2.24) is 0 Å². The second-order valence-electron chi connectivity index (χ2n) is 6.36. The SMILES string of the molecule is CC(C)(C)SC[C@@](C)(N=C=O)C(=O)OC(=O)c1ccc([N+](=O)[O-])cc1. The first-order valence-corrected chi connectivity index (χ1v) is 8.21. The van der Waals surface area contributed by atoms with Crippen LogP contribution in [0.25, 0.3) is 0 Å². The lowest BCUT2D eigenvalue weighted by atomic mass is 10.1. The second-order valence-corrected chi connectivity index (χ2v) is 8.16. The number of ether oxygens (including phenoxy) is 1. The summed E-state index contributed by atoms with van der Waals surface area (Å²) in [6, 6.07) is 4.61. The molecule has 1 aromatic carbocycles. The van der Waals surface area contributed by atoms with Crippen molar-refractivity contribution in [3.05, 3.63) is 39.9 Å². The molecule has 1 aromatic rings. The van der Waals surface area contributed by atoms with Gasteiger partial charge in [0.15, 0.2) is 5.54 Å². The molecule has 0 spiro atoms. The van der Waals surface area contributed by atoms with Crippen molar-refractivity contribution in [2.75, 3.05) is 5.75 Å². The van der Waals surface area contributed by atoms with E-state index in [-0.39, 0.29) is 21.8 Å². The summed E-state index contributed by atoms with van der Waals surface area (Å²) in [7, 11) is 0. The first-order valence-electron chi connectivity index (χ1n) is 7.22. The highest BCUT2D eigenvalue weighted by molar-refractivity contribution is 8.00. The number of nitrogens with zero attached hydrogens (tertiary/aromatic N) is 2. The molecule has 0 saturated heterocycles. The molecule has 0 aliphatic rings. The van der Waals surface area contributed by atoms with Crippen molar-refractivity contribution in [3.63, 3.8) is 0 Å². The molecule has 0 radical (unpaired) electrons. The molecule has 1 rings (SSSR count). The van der Waals surface area contributed by atoms with Gasteiger partial charge in [0.05, 0.1) is 10.5 Å². The molecule has 0 saturated carbocycles. The third kappa shape index (κ3) is 6.13. The van der Waals surface area contributed by atoms with Gasteiger partial charge in [-0.25, -0.2) is 14.4 Å². The maximum atomic E-state index is 12.3. The Morgan fingerprint density at radius 2 is 1.80 bits per heavy atom. The summed E-state index contributed by atoms with van der Waals surface area (Å²) >= 11 is 1.38. The zero-order valence-electron chi connectivity index (χ0n) is 14.3. The minimum absolute atomic E-state index is 0.0279. The Kier molecular flexibility index (Phi) is 6.61. The van der Waals surface area contributed by atoms with Gasteiger partial charge < -0.3 is 4.74 Å². The molecule has 25 heavy (non-hydrogen) atoms. The highest BCUT2D eigenvalue weighted by Gasteiger charge is 2.38. The molecule has 8 nitrogen and oxygen atoms in total. The van der Waals surface area contributed by atoms with E-state index < -0.39 is 22.4 Å². The van der Waals surface area contributed by atoms with E-state index in [0.29, 0.717) is 0 Å². The molecule has 0 bridgehead atoms. The number of esters is 2. The second kappa shape index (κ2) is 8.04. The van der Waals surface area contributed by atoms with E-state index in [1.54, 1.807) is 0 Å². The third-order valence-electron chi connectivity index (χ3n) is 3.02. The van der Waals surface area contributed by atoms with E-state index in [9.17, 15) is 24.5 Å². The van der Waals surface area contributed by atoms with Crippen molar-refractivity contribution in [2.24, 2.45) is 4.99 Å². The zero-order valence-corrected chi connectivity index (χ0v) is 15.1. The van der Waals surface area contributed by atoms with Crippen molar-refractivity contribution < 1.29 is 24.0 Å². The number of hydrogen-bond acceptors (Lipinski definition) is 8. The number of aliphatic imine (C=N–C) groups is 1. The van der Waals surface area contributed by atoms with Crippen LogP contribution in [0.2, 0.25) is 0 Å². The molecule has 0 amide bonds. The maximum absolute atomic E-state index is 12.3. The lowest BCUT2D eigenvalue weighted by molar-refractivity contribution is -0.384. The average molecular weight is 366 g/mol. The summed E-state index contributed by atoms with van der Waals surface area (Å²) in [5, 5.41) is 10.6. The molecule has 0 aliphatic heterocycles. The van der Waals surface area contributed by atoms with E-state index in [0.717, 1.165) is 12.1 Å². The van der Waals surface area contributed by atoms with Gasteiger partial charge in [-0.2, -0.15) is 16.8 Å². The number of non-ortho nitro benzene ring substituents is 1. The predicted octanol–water partition coefficient (Wildman–Crippen LogP) is 2.90. The smallest absolute Gasteiger partial charge is 0.345 e. The Morgan fingerprint density at radius 1 is 1.24 bits per heavy atom. The van der Waals surface area contributed by atoms with Crippen LogP contribution in [0.5, 0.6) is 0 Å². The maximum Gasteiger partial charge on any atom is 0.345 e. The van der Waals surface area contributed by atoms with Gasteiger partial charge in [-0.1, -0.05) is 20.8 Å². The first-order chi connectivity index (χ1) is 11.5. The van der Waals surface area contributed by atoms with Crippen LogP contribution in [0.15, 0.2) is 29.3 Å². The van der Waals surface area contributed by atoms with Gasteiger partial charge in [-0.05, 0) is 19.1 Å².